The first-order valence-electron chi connectivity index (χ1n) is 6.18. The number of carbonyl (C=O) groups is 4. The summed E-state index contributed by atoms with van der Waals surface area (Å²) in [5, 5.41) is 4.34. The minimum atomic E-state index is -0.463. The number of rotatable bonds is 2. The van der Waals surface area contributed by atoms with Gasteiger partial charge in [-0.2, -0.15) is 0 Å². The Morgan fingerprint density at radius 2 is 1.57 bits per heavy atom. The zero-order valence-electron chi connectivity index (χ0n) is 10.8. The predicted molar refractivity (Wildman–Crippen MR) is 72.3 cm³/mol. The molecular formula is C15H10N2O4. The van der Waals surface area contributed by atoms with Gasteiger partial charge in [-0.1, -0.05) is 24.8 Å². The first-order chi connectivity index (χ1) is 9.95. The van der Waals surface area contributed by atoms with Gasteiger partial charge in [-0.15, -0.1) is 0 Å². The van der Waals surface area contributed by atoms with E-state index in [1.807, 2.05) is 0 Å². The van der Waals surface area contributed by atoms with E-state index in [1.54, 1.807) is 18.2 Å². The lowest BCUT2D eigenvalue weighted by atomic mass is 9.84. The average Bonchev–Trinajstić information content (AvgIpc) is 2.91. The van der Waals surface area contributed by atoms with Crippen LogP contribution in [0.2, 0.25) is 0 Å². The number of hydrogen-bond acceptors (Lipinski definition) is 4. The molecule has 3 rings (SSSR count). The molecule has 0 saturated heterocycles. The second-order valence-corrected chi connectivity index (χ2v) is 4.81. The molecule has 4 amide bonds. The van der Waals surface area contributed by atoms with E-state index in [2.05, 4.69) is 17.2 Å². The molecule has 2 N–H and O–H groups in total. The van der Waals surface area contributed by atoms with Crippen molar-refractivity contribution in [2.75, 3.05) is 0 Å². The molecule has 21 heavy (non-hydrogen) atoms. The Balaban J connectivity index is 1.88. The number of allylic oxidation sites excluding steroid dienone is 4. The SMILES string of the molecule is C=C1C=C(C2=CC(=O)NC2=O)C=CC1C1=CC(=O)NC1=O. The third kappa shape index (κ3) is 2.16. The van der Waals surface area contributed by atoms with Crippen LogP contribution >= 0.6 is 0 Å². The first-order valence-corrected chi connectivity index (χ1v) is 6.18. The predicted octanol–water partition coefficient (Wildman–Crippen LogP) is -0.179. The molecule has 6 heteroatoms. The van der Waals surface area contributed by atoms with Crippen molar-refractivity contribution >= 4 is 23.6 Å². The molecule has 3 aliphatic rings. The largest absolute Gasteiger partial charge is 0.289 e. The molecule has 104 valence electrons. The lowest BCUT2D eigenvalue weighted by Gasteiger charge is -2.18. The molecule has 2 heterocycles. The van der Waals surface area contributed by atoms with Crippen LogP contribution in [-0.4, -0.2) is 23.6 Å². The van der Waals surface area contributed by atoms with Gasteiger partial charge in [-0.25, -0.2) is 0 Å². The van der Waals surface area contributed by atoms with Gasteiger partial charge >= 0.3 is 0 Å². The van der Waals surface area contributed by atoms with Gasteiger partial charge in [-0.3, -0.25) is 29.8 Å². The number of carbonyl (C=O) groups excluding carboxylic acids is 4. The van der Waals surface area contributed by atoms with Crippen LogP contribution < -0.4 is 10.6 Å². The molecule has 6 nitrogen and oxygen atoms in total. The van der Waals surface area contributed by atoms with Gasteiger partial charge in [0.25, 0.3) is 23.6 Å². The van der Waals surface area contributed by atoms with E-state index in [-0.39, 0.29) is 5.57 Å². The van der Waals surface area contributed by atoms with E-state index in [0.29, 0.717) is 16.7 Å². The Hall–Kier alpha value is -3.02. The highest BCUT2D eigenvalue weighted by atomic mass is 16.2. The molecule has 0 aromatic heterocycles. The Morgan fingerprint density at radius 3 is 2.10 bits per heavy atom. The van der Waals surface area contributed by atoms with Crippen molar-refractivity contribution in [1.82, 2.24) is 10.6 Å². The van der Waals surface area contributed by atoms with Crippen molar-refractivity contribution in [1.29, 1.82) is 0 Å². The molecule has 0 saturated carbocycles. The van der Waals surface area contributed by atoms with E-state index in [0.717, 1.165) is 0 Å². The van der Waals surface area contributed by atoms with E-state index >= 15 is 0 Å². The van der Waals surface area contributed by atoms with Crippen molar-refractivity contribution in [2.24, 2.45) is 5.92 Å². The molecule has 0 aromatic rings. The summed E-state index contributed by atoms with van der Waals surface area (Å²) >= 11 is 0. The van der Waals surface area contributed by atoms with Crippen molar-refractivity contribution in [3.63, 3.8) is 0 Å². The third-order valence-electron chi connectivity index (χ3n) is 3.40. The maximum absolute atomic E-state index is 11.6. The highest BCUT2D eigenvalue weighted by Crippen LogP contribution is 2.31. The highest BCUT2D eigenvalue weighted by Gasteiger charge is 2.30. The molecule has 0 aromatic carbocycles. The van der Waals surface area contributed by atoms with Gasteiger partial charge < -0.3 is 0 Å². The van der Waals surface area contributed by atoms with Gasteiger partial charge in [0.05, 0.1) is 5.57 Å². The molecule has 2 aliphatic heterocycles. The normalized spacial score (nSPS) is 24.7. The molecule has 0 bridgehead atoms. The minimum absolute atomic E-state index is 0.261. The monoisotopic (exact) mass is 282 g/mol. The second-order valence-electron chi connectivity index (χ2n) is 4.81. The summed E-state index contributed by atoms with van der Waals surface area (Å²) in [7, 11) is 0. The lowest BCUT2D eigenvalue weighted by molar-refractivity contribution is -0.125. The number of imide groups is 2. The van der Waals surface area contributed by atoms with Gasteiger partial charge in [0.15, 0.2) is 0 Å². The number of amides is 4. The lowest BCUT2D eigenvalue weighted by Crippen LogP contribution is -2.25. The molecular weight excluding hydrogens is 272 g/mol. The fourth-order valence-corrected chi connectivity index (χ4v) is 2.42. The van der Waals surface area contributed by atoms with Crippen LogP contribution in [0.4, 0.5) is 0 Å². The van der Waals surface area contributed by atoms with E-state index < -0.39 is 29.5 Å². The van der Waals surface area contributed by atoms with Gasteiger partial charge in [0, 0.05) is 23.6 Å². The summed E-state index contributed by atoms with van der Waals surface area (Å²) in [4.78, 5) is 45.6. The molecule has 1 atom stereocenters. The third-order valence-corrected chi connectivity index (χ3v) is 3.40. The fourth-order valence-electron chi connectivity index (χ4n) is 2.42. The zero-order valence-corrected chi connectivity index (χ0v) is 10.8. The number of nitrogens with one attached hydrogen (secondary N) is 2. The van der Waals surface area contributed by atoms with E-state index in [9.17, 15) is 19.2 Å². The Labute approximate surface area is 119 Å². The quantitative estimate of drug-likeness (QED) is 0.687. The van der Waals surface area contributed by atoms with Crippen molar-refractivity contribution in [3.05, 3.63) is 59.3 Å². The van der Waals surface area contributed by atoms with Crippen LogP contribution in [0, 0.1) is 5.92 Å². The maximum Gasteiger partial charge on any atom is 0.258 e. The van der Waals surface area contributed by atoms with E-state index in [1.165, 1.54) is 12.2 Å². The van der Waals surface area contributed by atoms with Crippen LogP contribution in [0.15, 0.2) is 59.3 Å². The second kappa shape index (κ2) is 4.52. The number of hydrogen-bond donors (Lipinski definition) is 2. The molecule has 0 radical (unpaired) electrons. The fraction of sp³-hybridized carbons (Fsp3) is 0.0667. The first kappa shape index (κ1) is 13.0. The molecule has 1 unspecified atom stereocenters. The molecule has 0 fully saturated rings. The summed E-state index contributed by atoms with van der Waals surface area (Å²) in [6.07, 6.45) is 7.41. The molecule has 1 aliphatic carbocycles. The maximum atomic E-state index is 11.6. The van der Waals surface area contributed by atoms with Crippen LogP contribution in [0.5, 0.6) is 0 Å². The summed E-state index contributed by atoms with van der Waals surface area (Å²) in [5.74, 6) is -2.23. The summed E-state index contributed by atoms with van der Waals surface area (Å²) in [6.45, 7) is 3.86. The summed E-state index contributed by atoms with van der Waals surface area (Å²) in [5.41, 5.74) is 1.69. The smallest absolute Gasteiger partial charge is 0.258 e. The van der Waals surface area contributed by atoms with Crippen LogP contribution in [-0.2, 0) is 19.2 Å². The van der Waals surface area contributed by atoms with Crippen molar-refractivity contribution in [3.8, 4) is 0 Å². The summed E-state index contributed by atoms with van der Waals surface area (Å²) < 4.78 is 0. The van der Waals surface area contributed by atoms with Crippen molar-refractivity contribution < 1.29 is 19.2 Å². The average molecular weight is 282 g/mol. The van der Waals surface area contributed by atoms with Crippen LogP contribution in [0.1, 0.15) is 0 Å². The standard InChI is InChI=1S/C15H10N2O4/c1-7-4-8(10-5-12(18)16-14(10)20)2-3-9(7)11-6-13(19)17-15(11)21/h2-6,9H,1H2,(H,16,18,20)(H,17,19,21). The van der Waals surface area contributed by atoms with Crippen LogP contribution in [0.3, 0.4) is 0 Å². The van der Waals surface area contributed by atoms with Gasteiger partial charge in [0.2, 0.25) is 0 Å². The Kier molecular flexibility index (Phi) is 2.79. The zero-order chi connectivity index (χ0) is 15.1. The minimum Gasteiger partial charge on any atom is -0.289 e. The van der Waals surface area contributed by atoms with Crippen molar-refractivity contribution in [2.45, 2.75) is 0 Å². The molecule has 0 spiro atoms. The topological polar surface area (TPSA) is 92.3 Å². The van der Waals surface area contributed by atoms with Gasteiger partial charge in [0.1, 0.15) is 0 Å². The van der Waals surface area contributed by atoms with Crippen LogP contribution in [0.25, 0.3) is 0 Å². The summed E-state index contributed by atoms with van der Waals surface area (Å²) in [6, 6.07) is 0. The van der Waals surface area contributed by atoms with Gasteiger partial charge in [-0.05, 0) is 11.1 Å². The van der Waals surface area contributed by atoms with E-state index in [4.69, 9.17) is 0 Å². The highest BCUT2D eigenvalue weighted by molar-refractivity contribution is 6.19. The Morgan fingerprint density at radius 1 is 0.905 bits per heavy atom. The Bertz CT molecular complexity index is 750.